The predicted molar refractivity (Wildman–Crippen MR) is 82.9 cm³/mol. The van der Waals surface area contributed by atoms with Gasteiger partial charge in [-0.25, -0.2) is 9.59 Å². The fourth-order valence-electron chi connectivity index (χ4n) is 1.76. The Balaban J connectivity index is 0.000000168. The van der Waals surface area contributed by atoms with Gasteiger partial charge in [-0.1, -0.05) is 30.3 Å². The number of hydrogen-bond acceptors (Lipinski definition) is 5. The lowest BCUT2D eigenvalue weighted by molar-refractivity contribution is 0.0696. The molecule has 0 spiro atoms. The van der Waals surface area contributed by atoms with E-state index < -0.39 is 11.6 Å². The van der Waals surface area contributed by atoms with Gasteiger partial charge in [-0.2, -0.15) is 0 Å². The van der Waals surface area contributed by atoms with Gasteiger partial charge in [-0.15, -0.1) is 0 Å². The van der Waals surface area contributed by atoms with Gasteiger partial charge in [0.25, 0.3) is 0 Å². The summed E-state index contributed by atoms with van der Waals surface area (Å²) in [5.74, 6) is -1.34. The van der Waals surface area contributed by atoms with Crippen molar-refractivity contribution in [2.75, 3.05) is 0 Å². The average Bonchev–Trinajstić information content (AvgIpc) is 2.56. The van der Waals surface area contributed by atoms with E-state index in [-0.39, 0.29) is 11.3 Å². The van der Waals surface area contributed by atoms with Crippen LogP contribution in [0.4, 0.5) is 0 Å². The van der Waals surface area contributed by atoms with E-state index in [0.29, 0.717) is 17.4 Å². The standard InChI is InChI=1S/C9H6O3.C8H6O3/c10-7-5-6-3-1-2-4-8(6)12-9(7)11;9-5-6-1-3-7(4-2-6)8(10)11/h1-5,10H;1-5H,(H,10,11). The molecule has 6 nitrogen and oxygen atoms in total. The highest BCUT2D eigenvalue weighted by molar-refractivity contribution is 5.88. The van der Waals surface area contributed by atoms with E-state index >= 15 is 0 Å². The summed E-state index contributed by atoms with van der Waals surface area (Å²) in [5.41, 5.74) is 0.458. The fourth-order valence-corrected chi connectivity index (χ4v) is 1.76. The monoisotopic (exact) mass is 312 g/mol. The lowest BCUT2D eigenvalue weighted by atomic mass is 10.1. The van der Waals surface area contributed by atoms with E-state index in [0.717, 1.165) is 5.39 Å². The normalized spacial score (nSPS) is 9.74. The summed E-state index contributed by atoms with van der Waals surface area (Å²) in [6, 6.07) is 14.1. The molecule has 0 amide bonds. The molecule has 2 aromatic carbocycles. The number of aromatic hydroxyl groups is 1. The lowest BCUT2D eigenvalue weighted by Crippen LogP contribution is -1.96. The van der Waals surface area contributed by atoms with E-state index in [1.807, 2.05) is 6.07 Å². The number of benzene rings is 2. The molecule has 2 N–H and O–H groups in total. The van der Waals surface area contributed by atoms with E-state index in [9.17, 15) is 14.4 Å². The second-order valence-corrected chi connectivity index (χ2v) is 4.50. The van der Waals surface area contributed by atoms with Crippen LogP contribution in [0.2, 0.25) is 0 Å². The van der Waals surface area contributed by atoms with E-state index in [4.69, 9.17) is 14.6 Å². The molecule has 3 rings (SSSR count). The first kappa shape index (κ1) is 16.0. The van der Waals surface area contributed by atoms with Crippen LogP contribution in [-0.4, -0.2) is 22.5 Å². The lowest BCUT2D eigenvalue weighted by Gasteiger charge is -1.94. The largest absolute Gasteiger partial charge is 0.502 e. The molecule has 23 heavy (non-hydrogen) atoms. The van der Waals surface area contributed by atoms with Crippen molar-refractivity contribution in [3.05, 3.63) is 76.1 Å². The minimum Gasteiger partial charge on any atom is -0.502 e. The Hall–Kier alpha value is -3.41. The number of aldehydes is 1. The number of carboxylic acid groups (broad SMARTS) is 1. The summed E-state index contributed by atoms with van der Waals surface area (Å²) in [7, 11) is 0. The predicted octanol–water partition coefficient (Wildman–Crippen LogP) is 2.70. The Morgan fingerprint density at radius 3 is 2.30 bits per heavy atom. The molecule has 0 saturated carbocycles. The van der Waals surface area contributed by atoms with Gasteiger partial charge >= 0.3 is 11.6 Å². The molecule has 1 aromatic heterocycles. The van der Waals surface area contributed by atoms with Gasteiger partial charge in [0.05, 0.1) is 5.56 Å². The molecule has 3 aromatic rings. The van der Waals surface area contributed by atoms with Crippen LogP contribution in [0.15, 0.2) is 63.8 Å². The van der Waals surface area contributed by atoms with Gasteiger partial charge in [0.2, 0.25) is 5.75 Å². The van der Waals surface area contributed by atoms with E-state index in [1.54, 1.807) is 18.2 Å². The van der Waals surface area contributed by atoms with Gasteiger partial charge in [0, 0.05) is 10.9 Å². The topological polar surface area (TPSA) is 105 Å². The van der Waals surface area contributed by atoms with Crippen molar-refractivity contribution < 1.29 is 24.2 Å². The Morgan fingerprint density at radius 1 is 1.04 bits per heavy atom. The zero-order valence-electron chi connectivity index (χ0n) is 11.8. The molecule has 0 unspecified atom stereocenters. The Morgan fingerprint density at radius 2 is 1.70 bits per heavy atom. The quantitative estimate of drug-likeness (QED) is 0.557. The highest BCUT2D eigenvalue weighted by Crippen LogP contribution is 2.14. The smallest absolute Gasteiger partial charge is 0.378 e. The van der Waals surface area contributed by atoms with Crippen LogP contribution in [0.25, 0.3) is 11.0 Å². The minimum absolute atomic E-state index is 0.190. The summed E-state index contributed by atoms with van der Waals surface area (Å²) in [5, 5.41) is 18.2. The minimum atomic E-state index is -0.984. The van der Waals surface area contributed by atoms with E-state index in [1.165, 1.54) is 30.3 Å². The molecule has 0 fully saturated rings. The second-order valence-electron chi connectivity index (χ2n) is 4.50. The maximum atomic E-state index is 10.8. The Labute approximate surface area is 130 Å². The summed E-state index contributed by atoms with van der Waals surface area (Å²) in [4.78, 5) is 31.3. The number of fused-ring (bicyclic) bond motifs is 1. The van der Waals surface area contributed by atoms with Crippen molar-refractivity contribution in [1.82, 2.24) is 0 Å². The molecule has 0 atom stereocenters. The first-order valence-corrected chi connectivity index (χ1v) is 6.51. The van der Waals surface area contributed by atoms with Crippen LogP contribution in [0.5, 0.6) is 5.75 Å². The molecular weight excluding hydrogens is 300 g/mol. The summed E-state index contributed by atoms with van der Waals surface area (Å²) in [6.07, 6.45) is 0.672. The highest BCUT2D eigenvalue weighted by atomic mass is 16.4. The van der Waals surface area contributed by atoms with Crippen molar-refractivity contribution in [2.24, 2.45) is 0 Å². The molecule has 116 valence electrons. The second kappa shape index (κ2) is 7.04. The summed E-state index contributed by atoms with van der Waals surface area (Å²) in [6.45, 7) is 0. The molecule has 0 aliphatic rings. The van der Waals surface area contributed by atoms with Gasteiger partial charge in [0.1, 0.15) is 11.9 Å². The molecule has 6 heteroatoms. The third kappa shape index (κ3) is 4.04. The number of rotatable bonds is 2. The Kier molecular flexibility index (Phi) is 4.89. The molecule has 0 aliphatic heterocycles. The summed E-state index contributed by atoms with van der Waals surface area (Å²) < 4.78 is 4.79. The van der Waals surface area contributed by atoms with Crippen molar-refractivity contribution in [2.45, 2.75) is 0 Å². The summed E-state index contributed by atoms with van der Waals surface area (Å²) >= 11 is 0. The number of carbonyl (C=O) groups is 2. The van der Waals surface area contributed by atoms with Crippen LogP contribution in [0, 0.1) is 0 Å². The SMILES string of the molecule is O=Cc1ccc(C(=O)O)cc1.O=c1oc2ccccc2cc1O. The van der Waals surface area contributed by atoms with Crippen molar-refractivity contribution in [3.63, 3.8) is 0 Å². The van der Waals surface area contributed by atoms with Crippen LogP contribution in [0.1, 0.15) is 20.7 Å². The van der Waals surface area contributed by atoms with Crippen molar-refractivity contribution >= 4 is 23.2 Å². The van der Waals surface area contributed by atoms with Crippen LogP contribution < -0.4 is 5.63 Å². The number of hydrogen-bond donors (Lipinski definition) is 2. The number of para-hydroxylation sites is 1. The number of carboxylic acids is 1. The average molecular weight is 312 g/mol. The molecule has 1 heterocycles. The van der Waals surface area contributed by atoms with E-state index in [2.05, 4.69) is 0 Å². The molecule has 0 radical (unpaired) electrons. The maximum absolute atomic E-state index is 10.8. The number of carbonyl (C=O) groups excluding carboxylic acids is 1. The molecule has 0 aliphatic carbocycles. The van der Waals surface area contributed by atoms with Crippen molar-refractivity contribution in [3.8, 4) is 5.75 Å². The van der Waals surface area contributed by atoms with Crippen molar-refractivity contribution in [1.29, 1.82) is 0 Å². The van der Waals surface area contributed by atoms with Crippen LogP contribution in [-0.2, 0) is 0 Å². The van der Waals surface area contributed by atoms with Gasteiger partial charge in [0.15, 0.2) is 0 Å². The number of aromatic carboxylic acids is 1. The van der Waals surface area contributed by atoms with Gasteiger partial charge in [-0.05, 0) is 24.3 Å². The maximum Gasteiger partial charge on any atom is 0.378 e. The zero-order chi connectivity index (χ0) is 16.8. The zero-order valence-corrected chi connectivity index (χ0v) is 11.8. The molecular formula is C17H12O6. The van der Waals surface area contributed by atoms with Crippen LogP contribution in [0.3, 0.4) is 0 Å². The Bertz CT molecular complexity index is 893. The molecule has 0 bridgehead atoms. The first-order chi connectivity index (χ1) is 11.0. The third-order valence-electron chi connectivity index (χ3n) is 2.92. The highest BCUT2D eigenvalue weighted by Gasteiger charge is 2.01. The first-order valence-electron chi connectivity index (χ1n) is 6.51. The van der Waals surface area contributed by atoms with Crippen LogP contribution >= 0.6 is 0 Å². The third-order valence-corrected chi connectivity index (χ3v) is 2.92. The van der Waals surface area contributed by atoms with Gasteiger partial charge < -0.3 is 14.6 Å². The van der Waals surface area contributed by atoms with Gasteiger partial charge in [-0.3, -0.25) is 4.79 Å². The fraction of sp³-hybridized carbons (Fsp3) is 0. The molecule has 0 saturated heterocycles.